The van der Waals surface area contributed by atoms with E-state index in [1.807, 2.05) is 0 Å². The van der Waals surface area contributed by atoms with Crippen LogP contribution < -0.4 is 0 Å². The molecule has 0 aliphatic carbocycles. The zero-order chi connectivity index (χ0) is 16.3. The van der Waals surface area contributed by atoms with Gasteiger partial charge in [0.05, 0.1) is 13.2 Å². The molecule has 1 aromatic carbocycles. The Morgan fingerprint density at radius 2 is 1.78 bits per heavy atom. The fourth-order valence-electron chi connectivity index (χ4n) is 3.30. The van der Waals surface area contributed by atoms with E-state index < -0.39 is 10.2 Å². The maximum absolute atomic E-state index is 13.0. The number of nitrogens with zero attached hydrogens (tertiary/aromatic N) is 2. The van der Waals surface area contributed by atoms with Crippen molar-refractivity contribution in [1.82, 2.24) is 8.61 Å². The van der Waals surface area contributed by atoms with Gasteiger partial charge in [-0.1, -0.05) is 18.6 Å². The fourth-order valence-corrected chi connectivity index (χ4v) is 5.12. The highest BCUT2D eigenvalue weighted by Gasteiger charge is 2.37. The molecule has 0 aromatic heterocycles. The lowest BCUT2D eigenvalue weighted by Crippen LogP contribution is -2.53. The quantitative estimate of drug-likeness (QED) is 0.838. The third-order valence-electron chi connectivity index (χ3n) is 4.55. The van der Waals surface area contributed by atoms with E-state index in [-0.39, 0.29) is 11.9 Å². The van der Waals surface area contributed by atoms with Crippen LogP contribution in [0.15, 0.2) is 24.3 Å². The summed E-state index contributed by atoms with van der Waals surface area (Å²) in [6, 6.07) is 6.28. The van der Waals surface area contributed by atoms with Crippen molar-refractivity contribution in [2.24, 2.45) is 0 Å². The molecular formula is C16H23FN2O3S. The van der Waals surface area contributed by atoms with Gasteiger partial charge in [0.25, 0.3) is 10.2 Å². The first-order valence-electron chi connectivity index (χ1n) is 8.16. The number of hydrogen-bond donors (Lipinski definition) is 0. The molecule has 3 rings (SSSR count). The zero-order valence-corrected chi connectivity index (χ0v) is 14.0. The van der Waals surface area contributed by atoms with Crippen LogP contribution in [0, 0.1) is 5.82 Å². The Morgan fingerprint density at radius 3 is 2.48 bits per heavy atom. The standard InChI is InChI=1S/C16H23FN2O3S/c17-15-6-4-14(5-7-15)13-16-3-1-2-8-19(16)23(20,21)18-9-11-22-12-10-18/h4-7,16H,1-3,8-13H2/t16-/m0/s1. The summed E-state index contributed by atoms with van der Waals surface area (Å²) in [5.74, 6) is -0.268. The van der Waals surface area contributed by atoms with Crippen molar-refractivity contribution >= 4 is 10.2 Å². The molecule has 0 amide bonds. The molecule has 0 unspecified atom stereocenters. The maximum atomic E-state index is 13.0. The van der Waals surface area contributed by atoms with Gasteiger partial charge < -0.3 is 4.74 Å². The molecule has 23 heavy (non-hydrogen) atoms. The van der Waals surface area contributed by atoms with Gasteiger partial charge in [-0.05, 0) is 37.0 Å². The first-order valence-corrected chi connectivity index (χ1v) is 9.56. The van der Waals surface area contributed by atoms with E-state index in [0.29, 0.717) is 39.3 Å². The van der Waals surface area contributed by atoms with E-state index in [0.717, 1.165) is 24.8 Å². The summed E-state index contributed by atoms with van der Waals surface area (Å²) in [7, 11) is -3.45. The molecule has 2 heterocycles. The molecule has 2 saturated heterocycles. The highest BCUT2D eigenvalue weighted by molar-refractivity contribution is 7.86. The van der Waals surface area contributed by atoms with E-state index >= 15 is 0 Å². The largest absolute Gasteiger partial charge is 0.379 e. The smallest absolute Gasteiger partial charge is 0.282 e. The second-order valence-electron chi connectivity index (χ2n) is 6.11. The summed E-state index contributed by atoms with van der Waals surface area (Å²) in [6.45, 7) is 2.31. The monoisotopic (exact) mass is 342 g/mol. The van der Waals surface area contributed by atoms with Crippen LogP contribution in [0.25, 0.3) is 0 Å². The van der Waals surface area contributed by atoms with E-state index in [1.54, 1.807) is 16.4 Å². The lowest BCUT2D eigenvalue weighted by molar-refractivity contribution is 0.0682. The van der Waals surface area contributed by atoms with Crippen LogP contribution in [0.5, 0.6) is 0 Å². The van der Waals surface area contributed by atoms with Gasteiger partial charge >= 0.3 is 0 Å². The lowest BCUT2D eigenvalue weighted by atomic mass is 9.98. The van der Waals surface area contributed by atoms with Crippen LogP contribution in [-0.4, -0.2) is 55.9 Å². The Balaban J connectivity index is 1.76. The number of halogens is 1. The second-order valence-corrected chi connectivity index (χ2v) is 7.99. The van der Waals surface area contributed by atoms with Crippen LogP contribution in [0.4, 0.5) is 4.39 Å². The Bertz CT molecular complexity index is 615. The molecule has 0 spiro atoms. The molecule has 0 N–H and O–H groups in total. The molecule has 1 atom stereocenters. The van der Waals surface area contributed by atoms with Crippen LogP contribution in [-0.2, 0) is 21.4 Å². The fraction of sp³-hybridized carbons (Fsp3) is 0.625. The van der Waals surface area contributed by atoms with E-state index in [9.17, 15) is 12.8 Å². The van der Waals surface area contributed by atoms with Crippen LogP contribution >= 0.6 is 0 Å². The van der Waals surface area contributed by atoms with Crippen LogP contribution in [0.3, 0.4) is 0 Å². The highest BCUT2D eigenvalue weighted by atomic mass is 32.2. The molecular weight excluding hydrogens is 319 g/mol. The van der Waals surface area contributed by atoms with Gasteiger partial charge in [-0.25, -0.2) is 4.39 Å². The van der Waals surface area contributed by atoms with Gasteiger partial charge in [-0.2, -0.15) is 17.0 Å². The number of rotatable bonds is 4. The van der Waals surface area contributed by atoms with E-state index in [4.69, 9.17) is 4.74 Å². The van der Waals surface area contributed by atoms with E-state index in [2.05, 4.69) is 0 Å². The summed E-state index contributed by atoms with van der Waals surface area (Å²) in [5, 5.41) is 0. The minimum atomic E-state index is -3.45. The van der Waals surface area contributed by atoms with Gasteiger partial charge in [0, 0.05) is 25.7 Å². The SMILES string of the molecule is O=S(=O)(N1CCOCC1)N1CCCC[C@H]1Cc1ccc(F)cc1. The van der Waals surface area contributed by atoms with Crippen molar-refractivity contribution in [1.29, 1.82) is 0 Å². The minimum absolute atomic E-state index is 0.0537. The Hall–Kier alpha value is -1.02. The molecule has 2 fully saturated rings. The van der Waals surface area contributed by atoms with Crippen molar-refractivity contribution in [3.05, 3.63) is 35.6 Å². The number of morpholine rings is 1. The molecule has 2 aliphatic heterocycles. The summed E-state index contributed by atoms with van der Waals surface area (Å²) in [6.07, 6.45) is 3.40. The van der Waals surface area contributed by atoms with Gasteiger partial charge in [0.1, 0.15) is 5.82 Å². The molecule has 2 aliphatic rings. The van der Waals surface area contributed by atoms with E-state index in [1.165, 1.54) is 16.4 Å². The third-order valence-corrected chi connectivity index (χ3v) is 6.64. The highest BCUT2D eigenvalue weighted by Crippen LogP contribution is 2.26. The van der Waals surface area contributed by atoms with Gasteiger partial charge in [0.15, 0.2) is 0 Å². The molecule has 1 aromatic rings. The minimum Gasteiger partial charge on any atom is -0.379 e. The molecule has 0 saturated carbocycles. The average Bonchev–Trinajstić information content (AvgIpc) is 2.58. The summed E-state index contributed by atoms with van der Waals surface area (Å²) >= 11 is 0. The summed E-state index contributed by atoms with van der Waals surface area (Å²) in [5.41, 5.74) is 0.973. The molecule has 0 bridgehead atoms. The van der Waals surface area contributed by atoms with Gasteiger partial charge in [0.2, 0.25) is 0 Å². The molecule has 0 radical (unpaired) electrons. The number of benzene rings is 1. The van der Waals surface area contributed by atoms with Gasteiger partial charge in [-0.15, -0.1) is 0 Å². The molecule has 7 heteroatoms. The summed E-state index contributed by atoms with van der Waals surface area (Å²) in [4.78, 5) is 0. The van der Waals surface area contributed by atoms with Crippen molar-refractivity contribution in [2.45, 2.75) is 31.7 Å². The topological polar surface area (TPSA) is 49.9 Å². The second kappa shape index (κ2) is 7.25. The van der Waals surface area contributed by atoms with Crippen molar-refractivity contribution < 1.29 is 17.5 Å². The predicted molar refractivity (Wildman–Crippen MR) is 85.8 cm³/mol. The zero-order valence-electron chi connectivity index (χ0n) is 13.2. The molecule has 5 nitrogen and oxygen atoms in total. The number of ether oxygens (including phenoxy) is 1. The van der Waals surface area contributed by atoms with Crippen molar-refractivity contribution in [3.8, 4) is 0 Å². The van der Waals surface area contributed by atoms with Crippen LogP contribution in [0.2, 0.25) is 0 Å². The maximum Gasteiger partial charge on any atom is 0.282 e. The number of piperidine rings is 1. The first kappa shape index (κ1) is 16.8. The Morgan fingerprint density at radius 1 is 1.09 bits per heavy atom. The first-order chi connectivity index (χ1) is 11.1. The lowest BCUT2D eigenvalue weighted by Gasteiger charge is -2.39. The average molecular weight is 342 g/mol. The Labute approximate surface area is 137 Å². The predicted octanol–water partition coefficient (Wildman–Crippen LogP) is 1.80. The van der Waals surface area contributed by atoms with Crippen molar-refractivity contribution in [2.75, 3.05) is 32.8 Å². The Kier molecular flexibility index (Phi) is 5.31. The molecule has 128 valence electrons. The van der Waals surface area contributed by atoms with Gasteiger partial charge in [-0.3, -0.25) is 0 Å². The normalized spacial score (nSPS) is 24.7. The van der Waals surface area contributed by atoms with Crippen LogP contribution in [0.1, 0.15) is 24.8 Å². The summed E-state index contributed by atoms with van der Waals surface area (Å²) < 4.78 is 47.3. The third kappa shape index (κ3) is 3.91. The number of hydrogen-bond acceptors (Lipinski definition) is 3. The van der Waals surface area contributed by atoms with Crippen molar-refractivity contribution in [3.63, 3.8) is 0 Å².